The lowest BCUT2D eigenvalue weighted by atomic mass is 10.0. The molecule has 2 N–H and O–H groups in total. The number of nitrogens with zero attached hydrogens (tertiary/aromatic N) is 5. The minimum Gasteiger partial charge on any atom is -0.494 e. The first-order valence-corrected chi connectivity index (χ1v) is 17.5. The number of fused-ring (bicyclic) bond motifs is 2. The highest BCUT2D eigenvalue weighted by atomic mass is 19.4. The number of amides is 5. The molecule has 5 heterocycles. The van der Waals surface area contributed by atoms with Gasteiger partial charge in [0.2, 0.25) is 11.8 Å². The van der Waals surface area contributed by atoms with Crippen molar-refractivity contribution in [2.75, 3.05) is 38.7 Å². The maximum Gasteiger partial charge on any atom is 0.433 e. The highest BCUT2D eigenvalue weighted by molar-refractivity contribution is 6.24. The van der Waals surface area contributed by atoms with Gasteiger partial charge in [0.15, 0.2) is 0 Å². The van der Waals surface area contributed by atoms with Crippen molar-refractivity contribution in [3.05, 3.63) is 82.8 Å². The van der Waals surface area contributed by atoms with E-state index < -0.39 is 47.4 Å². The van der Waals surface area contributed by atoms with Crippen LogP contribution < -0.4 is 15.4 Å². The first-order chi connectivity index (χ1) is 26.4. The fraction of sp³-hybridized carbons (Fsp3) is 0.342. The van der Waals surface area contributed by atoms with Crippen LogP contribution in [0.4, 0.5) is 18.9 Å². The number of imide groups is 2. The predicted molar refractivity (Wildman–Crippen MR) is 189 cm³/mol. The van der Waals surface area contributed by atoms with Crippen LogP contribution >= 0.6 is 0 Å². The Balaban J connectivity index is 0.898. The number of alkyl halides is 3. The van der Waals surface area contributed by atoms with Crippen LogP contribution in [0.15, 0.2) is 54.7 Å². The molecule has 3 aliphatic heterocycles. The monoisotopic (exact) mass is 757 g/mol. The second-order valence-corrected chi connectivity index (χ2v) is 13.2. The van der Waals surface area contributed by atoms with Crippen molar-refractivity contribution >= 4 is 46.1 Å². The molecule has 0 saturated carbocycles. The van der Waals surface area contributed by atoms with Gasteiger partial charge >= 0.3 is 6.18 Å². The number of ether oxygens (including phenoxy) is 2. The molecule has 3 aliphatic rings. The molecule has 5 amide bonds. The average Bonchev–Trinajstić information content (AvgIpc) is 3.68. The van der Waals surface area contributed by atoms with Crippen LogP contribution in [0.25, 0.3) is 10.9 Å². The molecule has 4 aromatic rings. The summed E-state index contributed by atoms with van der Waals surface area (Å²) < 4.78 is 52.5. The van der Waals surface area contributed by atoms with Crippen molar-refractivity contribution in [2.45, 2.75) is 50.6 Å². The number of methoxy groups -OCH3 is 1. The maximum absolute atomic E-state index is 13.3. The molecule has 55 heavy (non-hydrogen) atoms. The summed E-state index contributed by atoms with van der Waals surface area (Å²) in [5.74, 6) is 3.06. The van der Waals surface area contributed by atoms with E-state index >= 15 is 0 Å². The maximum atomic E-state index is 13.3. The molecular weight excluding hydrogens is 723 g/mol. The fourth-order valence-electron chi connectivity index (χ4n) is 6.84. The lowest BCUT2D eigenvalue weighted by Gasteiger charge is -2.31. The summed E-state index contributed by atoms with van der Waals surface area (Å²) in [5.41, 5.74) is -0.00532. The number of carbonyl (C=O) groups excluding carboxylic acids is 5. The zero-order valence-electron chi connectivity index (χ0n) is 29.4. The van der Waals surface area contributed by atoms with E-state index in [1.54, 1.807) is 28.9 Å². The largest absolute Gasteiger partial charge is 0.494 e. The Morgan fingerprint density at radius 2 is 1.80 bits per heavy atom. The summed E-state index contributed by atoms with van der Waals surface area (Å²) in [5, 5.41) is 10.1. The normalized spacial score (nSPS) is 17.9. The first-order valence-electron chi connectivity index (χ1n) is 17.5. The van der Waals surface area contributed by atoms with Gasteiger partial charge in [0.25, 0.3) is 17.7 Å². The first kappa shape index (κ1) is 37.2. The third-order valence-electron chi connectivity index (χ3n) is 9.66. The smallest absolute Gasteiger partial charge is 0.433 e. The topological polar surface area (TPSA) is 165 Å². The zero-order valence-corrected chi connectivity index (χ0v) is 29.4. The second kappa shape index (κ2) is 15.3. The predicted octanol–water partition coefficient (Wildman–Crippen LogP) is 3.64. The van der Waals surface area contributed by atoms with Crippen LogP contribution in [-0.4, -0.2) is 99.6 Å². The minimum absolute atomic E-state index is 0.0159. The number of carbonyl (C=O) groups is 5. The SMILES string of the molecule is COc1cc2nn(CCN3CCC(OCC#Cc4cccc5c4C(=O)N(C4CCC(=O)NC4=O)C5=O)CC3)cc2cc1NC(=O)c1cccc(C(F)(F)F)n1. The Morgan fingerprint density at radius 3 is 2.55 bits per heavy atom. The third kappa shape index (κ3) is 7.91. The van der Waals surface area contributed by atoms with Crippen LogP contribution in [-0.2, 0) is 27.0 Å². The summed E-state index contributed by atoms with van der Waals surface area (Å²) in [4.78, 5) is 69.8. The number of rotatable bonds is 9. The molecule has 2 aromatic carbocycles. The minimum atomic E-state index is -4.69. The van der Waals surface area contributed by atoms with Gasteiger partial charge in [0, 0.05) is 49.3 Å². The Kier molecular flexibility index (Phi) is 10.4. The number of nitrogens with one attached hydrogen (secondary N) is 2. The molecule has 7 rings (SSSR count). The van der Waals surface area contributed by atoms with Crippen LogP contribution in [0.3, 0.4) is 0 Å². The van der Waals surface area contributed by atoms with E-state index in [2.05, 4.69) is 37.5 Å². The molecule has 2 fully saturated rings. The standard InChI is InChI=1S/C38H34F3N7O7/c1-54-30-20-27-23(19-28(30)43-34(50)26-8-3-9-31(42-26)38(39,40)41)21-47(45-27)17-16-46-14-12-24(13-15-46)55-18-4-6-22-5-2-7-25-33(22)37(53)48(36(25)52)29-10-11-32(49)44-35(29)51/h2-3,5,7-9,19-21,24,29H,10-18H2,1H3,(H,43,50)(H,44,49,51). The van der Waals surface area contributed by atoms with E-state index in [1.807, 2.05) is 6.20 Å². The number of halogens is 3. The van der Waals surface area contributed by atoms with Crippen LogP contribution in [0.1, 0.15) is 68.1 Å². The van der Waals surface area contributed by atoms with E-state index in [-0.39, 0.29) is 53.8 Å². The molecule has 2 aromatic heterocycles. The molecule has 0 bridgehead atoms. The van der Waals surface area contributed by atoms with Crippen LogP contribution in [0.2, 0.25) is 0 Å². The number of pyridine rings is 1. The molecule has 0 radical (unpaired) electrons. The number of likely N-dealkylation sites (tertiary alicyclic amines) is 1. The number of piperidine rings is 2. The molecule has 0 aliphatic carbocycles. The van der Waals surface area contributed by atoms with E-state index in [4.69, 9.17) is 9.47 Å². The number of anilines is 1. The van der Waals surface area contributed by atoms with Gasteiger partial charge in [-0.2, -0.15) is 18.3 Å². The summed E-state index contributed by atoms with van der Waals surface area (Å²) in [6.07, 6.45) is -1.22. The van der Waals surface area contributed by atoms with E-state index in [1.165, 1.54) is 19.2 Å². The van der Waals surface area contributed by atoms with E-state index in [9.17, 15) is 37.1 Å². The molecule has 1 atom stereocenters. The van der Waals surface area contributed by atoms with Gasteiger partial charge in [-0.25, -0.2) is 4.98 Å². The third-order valence-corrected chi connectivity index (χ3v) is 9.66. The number of hydrogen-bond donors (Lipinski definition) is 2. The van der Waals surface area contributed by atoms with Crippen LogP contribution in [0.5, 0.6) is 5.75 Å². The van der Waals surface area contributed by atoms with Crippen molar-refractivity contribution < 1.29 is 46.6 Å². The molecule has 0 spiro atoms. The Hall–Kier alpha value is -6.12. The molecule has 17 heteroatoms. The highest BCUT2D eigenvalue weighted by Gasteiger charge is 2.45. The summed E-state index contributed by atoms with van der Waals surface area (Å²) in [6, 6.07) is 10.1. The van der Waals surface area contributed by atoms with Gasteiger partial charge < -0.3 is 19.7 Å². The second-order valence-electron chi connectivity index (χ2n) is 13.2. The Bertz CT molecular complexity index is 2270. The van der Waals surface area contributed by atoms with Gasteiger partial charge in [-0.1, -0.05) is 24.0 Å². The fourth-order valence-corrected chi connectivity index (χ4v) is 6.84. The quantitative estimate of drug-likeness (QED) is 0.190. The van der Waals surface area contributed by atoms with Crippen molar-refractivity contribution in [1.82, 2.24) is 29.9 Å². The highest BCUT2D eigenvalue weighted by Crippen LogP contribution is 2.32. The molecule has 2 saturated heterocycles. The van der Waals surface area contributed by atoms with Crippen molar-refractivity contribution in [3.63, 3.8) is 0 Å². The number of hydrogen-bond acceptors (Lipinski definition) is 10. The Morgan fingerprint density at radius 1 is 1.02 bits per heavy atom. The molecule has 1 unspecified atom stereocenters. The van der Waals surface area contributed by atoms with Gasteiger partial charge in [-0.05, 0) is 49.6 Å². The number of aromatic nitrogens is 3. The molecular formula is C38H34F3N7O7. The van der Waals surface area contributed by atoms with Crippen molar-refractivity contribution in [3.8, 4) is 17.6 Å². The van der Waals surface area contributed by atoms with Crippen molar-refractivity contribution in [1.29, 1.82) is 0 Å². The van der Waals surface area contributed by atoms with Gasteiger partial charge in [-0.15, -0.1) is 0 Å². The van der Waals surface area contributed by atoms with Gasteiger partial charge in [-0.3, -0.25) is 38.9 Å². The summed E-state index contributed by atoms with van der Waals surface area (Å²) in [7, 11) is 1.41. The van der Waals surface area contributed by atoms with E-state index in [0.29, 0.717) is 29.6 Å². The zero-order chi connectivity index (χ0) is 38.9. The van der Waals surface area contributed by atoms with Gasteiger partial charge in [0.1, 0.15) is 29.8 Å². The molecule has 284 valence electrons. The number of benzene rings is 2. The summed E-state index contributed by atoms with van der Waals surface area (Å²) in [6.45, 7) is 2.98. The van der Waals surface area contributed by atoms with Crippen molar-refractivity contribution in [2.24, 2.45) is 0 Å². The molecule has 14 nitrogen and oxygen atoms in total. The van der Waals surface area contributed by atoms with Gasteiger partial charge in [0.05, 0.1) is 42.1 Å². The lowest BCUT2D eigenvalue weighted by molar-refractivity contribution is -0.141. The van der Waals surface area contributed by atoms with E-state index in [0.717, 1.165) is 43.0 Å². The average molecular weight is 758 g/mol. The summed E-state index contributed by atoms with van der Waals surface area (Å²) >= 11 is 0. The lowest BCUT2D eigenvalue weighted by Crippen LogP contribution is -2.54. The van der Waals surface area contributed by atoms with Crippen LogP contribution in [0, 0.1) is 11.8 Å². The Labute approximate surface area is 311 Å².